The largest absolute Gasteiger partial charge is 0.477 e. The number of fused-ring (bicyclic) bond motifs is 1. The van der Waals surface area contributed by atoms with Gasteiger partial charge in [0.25, 0.3) is 11.8 Å². The first-order valence-corrected chi connectivity index (χ1v) is 7.51. The monoisotopic (exact) mass is 366 g/mol. The highest BCUT2D eigenvalue weighted by Gasteiger charge is 2.22. The van der Waals surface area contributed by atoms with E-state index in [1.54, 1.807) is 12.1 Å². The Bertz CT molecular complexity index is 927. The third-order valence-corrected chi connectivity index (χ3v) is 4.02. The zero-order chi connectivity index (χ0) is 17.3. The second-order valence-corrected chi connectivity index (χ2v) is 5.42. The van der Waals surface area contributed by atoms with Gasteiger partial charge in [0.1, 0.15) is 5.52 Å². The number of aromatic nitrogens is 6. The third kappa shape index (κ3) is 2.63. The standard InChI is InChI=1S/C14H12Cl2N6O2/c1-4-5-22-12(19-20-21-22)9-10(16)7(15)6-8-11(9)18-14(24-3)13(17-8)23-2/h4,6H,1,5H2,2-3H3. The molecular weight excluding hydrogens is 355 g/mol. The number of hydrogen-bond acceptors (Lipinski definition) is 7. The lowest BCUT2D eigenvalue weighted by atomic mass is 10.1. The van der Waals surface area contributed by atoms with Gasteiger partial charge in [-0.05, 0) is 16.5 Å². The van der Waals surface area contributed by atoms with E-state index in [1.165, 1.54) is 18.9 Å². The molecule has 0 radical (unpaired) electrons. The molecule has 0 unspecified atom stereocenters. The molecule has 0 fully saturated rings. The predicted molar refractivity (Wildman–Crippen MR) is 89.7 cm³/mol. The average Bonchev–Trinajstić information content (AvgIpc) is 3.03. The van der Waals surface area contributed by atoms with Gasteiger partial charge in [-0.2, -0.15) is 0 Å². The van der Waals surface area contributed by atoms with Crippen LogP contribution in [-0.2, 0) is 6.54 Å². The molecule has 0 aliphatic heterocycles. The summed E-state index contributed by atoms with van der Waals surface area (Å²) in [5.41, 5.74) is 1.38. The Labute approximate surface area is 147 Å². The molecule has 0 bridgehead atoms. The molecule has 2 heterocycles. The number of benzene rings is 1. The molecule has 2 aromatic heterocycles. The van der Waals surface area contributed by atoms with Gasteiger partial charge >= 0.3 is 0 Å². The van der Waals surface area contributed by atoms with Crippen molar-refractivity contribution in [3.63, 3.8) is 0 Å². The van der Waals surface area contributed by atoms with E-state index in [1.807, 2.05) is 0 Å². The van der Waals surface area contributed by atoms with Crippen molar-refractivity contribution in [2.75, 3.05) is 14.2 Å². The Morgan fingerprint density at radius 1 is 1.21 bits per heavy atom. The van der Waals surface area contributed by atoms with Crippen molar-refractivity contribution < 1.29 is 9.47 Å². The summed E-state index contributed by atoms with van der Waals surface area (Å²) in [7, 11) is 2.94. The van der Waals surface area contributed by atoms with Crippen LogP contribution >= 0.6 is 23.2 Å². The molecule has 8 nitrogen and oxygen atoms in total. The lowest BCUT2D eigenvalue weighted by Gasteiger charge is -2.12. The zero-order valence-electron chi connectivity index (χ0n) is 12.8. The summed E-state index contributed by atoms with van der Waals surface area (Å²) in [6.07, 6.45) is 1.66. The summed E-state index contributed by atoms with van der Waals surface area (Å²) < 4.78 is 11.9. The van der Waals surface area contributed by atoms with Crippen molar-refractivity contribution in [1.29, 1.82) is 0 Å². The van der Waals surface area contributed by atoms with E-state index >= 15 is 0 Å². The average molecular weight is 367 g/mol. The minimum absolute atomic E-state index is 0.215. The molecule has 0 atom stereocenters. The van der Waals surface area contributed by atoms with E-state index in [2.05, 4.69) is 32.1 Å². The van der Waals surface area contributed by atoms with Crippen LogP contribution < -0.4 is 9.47 Å². The summed E-state index contributed by atoms with van der Waals surface area (Å²) in [6.45, 7) is 4.08. The van der Waals surface area contributed by atoms with Gasteiger partial charge < -0.3 is 9.47 Å². The SMILES string of the molecule is C=CCn1nnnc1-c1c(Cl)c(Cl)cc2nc(OC)c(OC)nc12. The molecule has 124 valence electrons. The Morgan fingerprint density at radius 2 is 1.92 bits per heavy atom. The molecule has 0 aliphatic rings. The number of allylic oxidation sites excluding steroid dienone is 1. The van der Waals surface area contributed by atoms with E-state index in [-0.39, 0.29) is 16.8 Å². The summed E-state index contributed by atoms with van der Waals surface area (Å²) in [6, 6.07) is 1.60. The van der Waals surface area contributed by atoms with Gasteiger partial charge in [0.15, 0.2) is 5.82 Å². The summed E-state index contributed by atoms with van der Waals surface area (Å²) >= 11 is 12.6. The Balaban J connectivity index is 2.38. The fraction of sp³-hybridized carbons (Fsp3) is 0.214. The number of methoxy groups -OCH3 is 2. The van der Waals surface area contributed by atoms with Gasteiger partial charge in [0, 0.05) is 0 Å². The third-order valence-electron chi connectivity index (χ3n) is 3.23. The van der Waals surface area contributed by atoms with Crippen molar-refractivity contribution in [2.24, 2.45) is 0 Å². The van der Waals surface area contributed by atoms with Crippen LogP contribution in [0.3, 0.4) is 0 Å². The van der Waals surface area contributed by atoms with Gasteiger partial charge in [-0.1, -0.05) is 29.3 Å². The number of nitrogens with zero attached hydrogens (tertiary/aromatic N) is 6. The molecule has 3 aromatic rings. The molecule has 10 heteroatoms. The van der Waals surface area contributed by atoms with Crippen LogP contribution in [0, 0.1) is 0 Å². The van der Waals surface area contributed by atoms with Gasteiger partial charge in [-0.15, -0.1) is 11.7 Å². The number of ether oxygens (including phenoxy) is 2. The summed E-state index contributed by atoms with van der Waals surface area (Å²) in [4.78, 5) is 8.80. The van der Waals surface area contributed by atoms with Crippen molar-refractivity contribution in [2.45, 2.75) is 6.54 Å². The summed E-state index contributed by atoms with van der Waals surface area (Å²) in [5.74, 6) is 0.848. The molecule has 24 heavy (non-hydrogen) atoms. The first kappa shape index (κ1) is 16.4. The topological polar surface area (TPSA) is 87.8 Å². The van der Waals surface area contributed by atoms with Crippen molar-refractivity contribution >= 4 is 34.2 Å². The molecule has 0 saturated carbocycles. The van der Waals surface area contributed by atoms with Gasteiger partial charge in [-0.25, -0.2) is 14.6 Å². The van der Waals surface area contributed by atoms with E-state index in [0.29, 0.717) is 34.0 Å². The number of tetrazole rings is 1. The van der Waals surface area contributed by atoms with Crippen LogP contribution in [0.25, 0.3) is 22.4 Å². The van der Waals surface area contributed by atoms with Crippen LogP contribution in [0.5, 0.6) is 11.8 Å². The first-order chi connectivity index (χ1) is 11.6. The Kier molecular flexibility index (Phi) is 4.50. The lowest BCUT2D eigenvalue weighted by molar-refractivity contribution is 0.334. The fourth-order valence-corrected chi connectivity index (χ4v) is 2.63. The minimum atomic E-state index is 0.215. The Hall–Kier alpha value is -2.45. The molecular formula is C14H12Cl2N6O2. The molecule has 0 aliphatic carbocycles. The maximum atomic E-state index is 6.40. The van der Waals surface area contributed by atoms with Crippen molar-refractivity contribution in [3.8, 4) is 23.1 Å². The van der Waals surface area contributed by atoms with Gasteiger partial charge in [0.05, 0.1) is 41.9 Å². The van der Waals surface area contributed by atoms with E-state index in [4.69, 9.17) is 32.7 Å². The molecule has 0 amide bonds. The number of halogens is 2. The smallest absolute Gasteiger partial charge is 0.278 e. The van der Waals surface area contributed by atoms with Gasteiger partial charge in [0.2, 0.25) is 0 Å². The van der Waals surface area contributed by atoms with Crippen LogP contribution in [0.2, 0.25) is 10.0 Å². The maximum absolute atomic E-state index is 6.40. The summed E-state index contributed by atoms with van der Waals surface area (Å²) in [5, 5.41) is 12.2. The number of rotatable bonds is 5. The molecule has 3 rings (SSSR count). The second kappa shape index (κ2) is 6.58. The maximum Gasteiger partial charge on any atom is 0.278 e. The first-order valence-electron chi connectivity index (χ1n) is 6.75. The van der Waals surface area contributed by atoms with Crippen LogP contribution in [-0.4, -0.2) is 44.4 Å². The van der Waals surface area contributed by atoms with Gasteiger partial charge in [-0.3, -0.25) is 0 Å². The van der Waals surface area contributed by atoms with E-state index in [0.717, 1.165) is 0 Å². The highest BCUT2D eigenvalue weighted by Crippen LogP contribution is 2.39. The highest BCUT2D eigenvalue weighted by atomic mass is 35.5. The molecule has 0 N–H and O–H groups in total. The lowest BCUT2D eigenvalue weighted by Crippen LogP contribution is -2.04. The van der Waals surface area contributed by atoms with E-state index < -0.39 is 0 Å². The van der Waals surface area contributed by atoms with Crippen LogP contribution in [0.4, 0.5) is 0 Å². The second-order valence-electron chi connectivity index (χ2n) is 4.63. The highest BCUT2D eigenvalue weighted by molar-refractivity contribution is 6.45. The normalized spacial score (nSPS) is 10.8. The predicted octanol–water partition coefficient (Wildman–Crippen LogP) is 2.79. The molecule has 0 saturated heterocycles. The zero-order valence-corrected chi connectivity index (χ0v) is 14.3. The number of hydrogen-bond donors (Lipinski definition) is 0. The molecule has 1 aromatic carbocycles. The fourth-order valence-electron chi connectivity index (χ4n) is 2.21. The van der Waals surface area contributed by atoms with Crippen molar-refractivity contribution in [3.05, 3.63) is 28.8 Å². The van der Waals surface area contributed by atoms with Crippen molar-refractivity contribution in [1.82, 2.24) is 30.2 Å². The van der Waals surface area contributed by atoms with Crippen LogP contribution in [0.15, 0.2) is 18.7 Å². The van der Waals surface area contributed by atoms with Crippen LogP contribution in [0.1, 0.15) is 0 Å². The Morgan fingerprint density at radius 3 is 2.58 bits per heavy atom. The minimum Gasteiger partial charge on any atom is -0.477 e. The van der Waals surface area contributed by atoms with E-state index in [9.17, 15) is 0 Å². The quantitative estimate of drug-likeness (QED) is 0.641. The molecule has 0 spiro atoms.